The number of nitrogens with zero attached hydrogens (tertiary/aromatic N) is 2. The van der Waals surface area contributed by atoms with Gasteiger partial charge in [-0.3, -0.25) is 0 Å². The number of hydrogen-bond acceptors (Lipinski definition) is 2. The Labute approximate surface area is 136 Å². The highest BCUT2D eigenvalue weighted by molar-refractivity contribution is 9.10. The Balaban J connectivity index is 2.27. The summed E-state index contributed by atoms with van der Waals surface area (Å²) >= 11 is 9.14. The van der Waals surface area contributed by atoms with Crippen LogP contribution in [0.5, 0.6) is 0 Å². The summed E-state index contributed by atoms with van der Waals surface area (Å²) in [7, 11) is 0. The summed E-state index contributed by atoms with van der Waals surface area (Å²) < 4.78 is 22.3. The van der Waals surface area contributed by atoms with Gasteiger partial charge >= 0.3 is 0 Å². The Kier molecular flexibility index (Phi) is 4.01. The number of aryl methyl sites for hydroxylation is 1. The lowest BCUT2D eigenvalue weighted by atomic mass is 9.93. The summed E-state index contributed by atoms with van der Waals surface area (Å²) in [5.74, 6) is 1.09. The standard InChI is InChI=1S/C15H17BrClFN2O/c1-9-15(2,4-6-21-9)20-13-8-11(18)10(16)7-12(13)19-14(20)3-5-17/h7-9H,3-6H2,1-2H3. The number of benzene rings is 1. The zero-order chi connectivity index (χ0) is 15.2. The van der Waals surface area contributed by atoms with Gasteiger partial charge in [-0.15, -0.1) is 11.6 Å². The lowest BCUT2D eigenvalue weighted by Crippen LogP contribution is -2.38. The van der Waals surface area contributed by atoms with Crippen LogP contribution in [0.25, 0.3) is 11.0 Å². The number of ether oxygens (including phenoxy) is 1. The lowest BCUT2D eigenvalue weighted by Gasteiger charge is -2.32. The van der Waals surface area contributed by atoms with Crippen LogP contribution < -0.4 is 0 Å². The van der Waals surface area contributed by atoms with Crippen LogP contribution in [0.2, 0.25) is 0 Å². The monoisotopic (exact) mass is 374 g/mol. The lowest BCUT2D eigenvalue weighted by molar-refractivity contribution is 0.0764. The zero-order valence-electron chi connectivity index (χ0n) is 12.0. The number of alkyl halides is 1. The van der Waals surface area contributed by atoms with Gasteiger partial charge in [-0.25, -0.2) is 9.37 Å². The molecule has 0 N–H and O–H groups in total. The molecule has 3 nitrogen and oxygen atoms in total. The fourth-order valence-electron chi connectivity index (χ4n) is 3.06. The summed E-state index contributed by atoms with van der Waals surface area (Å²) in [6.45, 7) is 4.90. The second kappa shape index (κ2) is 5.52. The van der Waals surface area contributed by atoms with E-state index in [1.807, 2.05) is 0 Å². The van der Waals surface area contributed by atoms with Crippen LogP contribution in [0.1, 0.15) is 26.1 Å². The van der Waals surface area contributed by atoms with Crippen molar-refractivity contribution in [2.75, 3.05) is 12.5 Å². The van der Waals surface area contributed by atoms with Crippen LogP contribution in [-0.2, 0) is 16.7 Å². The fraction of sp³-hybridized carbons (Fsp3) is 0.533. The molecule has 3 rings (SSSR count). The van der Waals surface area contributed by atoms with E-state index in [-0.39, 0.29) is 17.5 Å². The van der Waals surface area contributed by atoms with Crippen molar-refractivity contribution in [3.63, 3.8) is 0 Å². The van der Waals surface area contributed by atoms with Crippen molar-refractivity contribution < 1.29 is 9.13 Å². The van der Waals surface area contributed by atoms with E-state index in [0.717, 1.165) is 23.3 Å². The van der Waals surface area contributed by atoms with E-state index in [4.69, 9.17) is 16.3 Å². The van der Waals surface area contributed by atoms with Crippen molar-refractivity contribution in [1.82, 2.24) is 9.55 Å². The van der Waals surface area contributed by atoms with E-state index in [2.05, 4.69) is 39.3 Å². The van der Waals surface area contributed by atoms with E-state index in [1.165, 1.54) is 0 Å². The quantitative estimate of drug-likeness (QED) is 0.750. The number of fused-ring (bicyclic) bond motifs is 1. The van der Waals surface area contributed by atoms with Gasteiger partial charge in [0, 0.05) is 25.0 Å². The van der Waals surface area contributed by atoms with E-state index in [9.17, 15) is 4.39 Å². The summed E-state index contributed by atoms with van der Waals surface area (Å²) in [6, 6.07) is 3.27. The largest absolute Gasteiger partial charge is 0.376 e. The molecule has 0 aliphatic carbocycles. The SMILES string of the molecule is CC1OCCC1(C)n1c(CCCl)nc2cc(Br)c(F)cc21. The maximum absolute atomic E-state index is 14.0. The van der Waals surface area contributed by atoms with Crippen LogP contribution in [0.3, 0.4) is 0 Å². The van der Waals surface area contributed by atoms with Crippen LogP contribution >= 0.6 is 27.5 Å². The van der Waals surface area contributed by atoms with Crippen LogP contribution in [-0.4, -0.2) is 28.1 Å². The summed E-state index contributed by atoms with van der Waals surface area (Å²) in [5.41, 5.74) is 1.36. The minimum Gasteiger partial charge on any atom is -0.376 e. The van der Waals surface area contributed by atoms with Gasteiger partial charge in [-0.2, -0.15) is 0 Å². The summed E-state index contributed by atoms with van der Waals surface area (Å²) in [5, 5.41) is 0. The smallest absolute Gasteiger partial charge is 0.139 e. The number of imidazole rings is 1. The minimum absolute atomic E-state index is 0.0516. The summed E-state index contributed by atoms with van der Waals surface area (Å²) in [4.78, 5) is 4.65. The minimum atomic E-state index is -0.281. The normalized spacial score (nSPS) is 25.9. The van der Waals surface area contributed by atoms with Crippen molar-refractivity contribution in [3.05, 3.63) is 28.2 Å². The molecule has 1 aliphatic heterocycles. The average molecular weight is 376 g/mol. The molecule has 0 radical (unpaired) electrons. The van der Waals surface area contributed by atoms with Gasteiger partial charge in [-0.05, 0) is 42.3 Å². The molecule has 0 bridgehead atoms. The topological polar surface area (TPSA) is 27.1 Å². The molecular formula is C15H17BrClFN2O. The molecule has 0 saturated carbocycles. The highest BCUT2D eigenvalue weighted by Gasteiger charge is 2.41. The average Bonchev–Trinajstić information content (AvgIpc) is 2.93. The molecule has 1 saturated heterocycles. The van der Waals surface area contributed by atoms with Crippen LogP contribution in [0, 0.1) is 5.82 Å². The van der Waals surface area contributed by atoms with Crippen molar-refractivity contribution in [1.29, 1.82) is 0 Å². The van der Waals surface area contributed by atoms with Gasteiger partial charge in [0.15, 0.2) is 0 Å². The van der Waals surface area contributed by atoms with Gasteiger partial charge in [0.05, 0.1) is 27.1 Å². The van der Waals surface area contributed by atoms with Gasteiger partial charge in [0.25, 0.3) is 0 Å². The molecule has 2 aromatic rings. The maximum Gasteiger partial charge on any atom is 0.139 e. The van der Waals surface area contributed by atoms with Gasteiger partial charge < -0.3 is 9.30 Å². The third-order valence-electron chi connectivity index (χ3n) is 4.45. The molecule has 0 spiro atoms. The van der Waals surface area contributed by atoms with E-state index in [0.29, 0.717) is 23.4 Å². The second-order valence-electron chi connectivity index (χ2n) is 5.68. The fourth-order valence-corrected chi connectivity index (χ4v) is 3.56. The first kappa shape index (κ1) is 15.3. The van der Waals surface area contributed by atoms with Crippen molar-refractivity contribution >= 4 is 38.6 Å². The van der Waals surface area contributed by atoms with Crippen LogP contribution in [0.15, 0.2) is 16.6 Å². The van der Waals surface area contributed by atoms with E-state index in [1.54, 1.807) is 12.1 Å². The molecule has 1 aromatic heterocycles. The highest BCUT2D eigenvalue weighted by Crippen LogP contribution is 2.38. The third-order valence-corrected chi connectivity index (χ3v) is 5.24. The Morgan fingerprint density at radius 1 is 1.57 bits per heavy atom. The highest BCUT2D eigenvalue weighted by atomic mass is 79.9. The number of halogens is 3. The molecule has 21 heavy (non-hydrogen) atoms. The molecule has 2 heterocycles. The second-order valence-corrected chi connectivity index (χ2v) is 6.91. The van der Waals surface area contributed by atoms with Crippen molar-refractivity contribution in [2.24, 2.45) is 0 Å². The number of hydrogen-bond donors (Lipinski definition) is 0. The molecule has 1 aromatic carbocycles. The van der Waals surface area contributed by atoms with E-state index >= 15 is 0 Å². The van der Waals surface area contributed by atoms with Gasteiger partial charge in [-0.1, -0.05) is 0 Å². The Bertz CT molecular complexity index is 690. The predicted molar refractivity (Wildman–Crippen MR) is 85.5 cm³/mol. The Morgan fingerprint density at radius 3 is 2.95 bits per heavy atom. The molecule has 2 atom stereocenters. The van der Waals surface area contributed by atoms with Crippen molar-refractivity contribution in [3.8, 4) is 0 Å². The molecule has 2 unspecified atom stereocenters. The number of aromatic nitrogens is 2. The first-order valence-electron chi connectivity index (χ1n) is 7.02. The summed E-state index contributed by atoms with van der Waals surface area (Å²) in [6.07, 6.45) is 1.58. The maximum atomic E-state index is 14.0. The molecule has 114 valence electrons. The van der Waals surface area contributed by atoms with Crippen molar-refractivity contribution in [2.45, 2.75) is 38.3 Å². The third kappa shape index (κ3) is 2.39. The van der Waals surface area contributed by atoms with E-state index < -0.39 is 0 Å². The first-order valence-corrected chi connectivity index (χ1v) is 8.34. The van der Waals surface area contributed by atoms with Gasteiger partial charge in [0.1, 0.15) is 11.6 Å². The molecule has 6 heteroatoms. The molecular weight excluding hydrogens is 359 g/mol. The van der Waals surface area contributed by atoms with Crippen LogP contribution in [0.4, 0.5) is 4.39 Å². The molecule has 0 amide bonds. The Morgan fingerprint density at radius 2 is 2.33 bits per heavy atom. The zero-order valence-corrected chi connectivity index (χ0v) is 14.3. The number of rotatable bonds is 3. The Hall–Kier alpha value is -0.650. The van der Waals surface area contributed by atoms with Gasteiger partial charge in [0.2, 0.25) is 0 Å². The molecule has 1 fully saturated rings. The predicted octanol–water partition coefficient (Wildman–Crippen LogP) is 4.24. The first-order chi connectivity index (χ1) is 9.97. The molecule has 1 aliphatic rings.